The van der Waals surface area contributed by atoms with Gasteiger partial charge in [0.05, 0.1) is 11.7 Å². The van der Waals surface area contributed by atoms with Crippen molar-refractivity contribution in [1.82, 2.24) is 10.4 Å². The number of hydrazone groups is 1. The maximum absolute atomic E-state index is 12.3. The van der Waals surface area contributed by atoms with Gasteiger partial charge >= 0.3 is 0 Å². The average molecular weight is 425 g/mol. The smallest absolute Gasteiger partial charge is 0.280 e. The molecule has 160 valence electrons. The summed E-state index contributed by atoms with van der Waals surface area (Å²) in [5.41, 5.74) is 5.26. The van der Waals surface area contributed by atoms with Crippen molar-refractivity contribution in [2.45, 2.75) is 19.6 Å². The SMILES string of the molecule is C[C@@H](Oc1ccc(OCc2ccccc2)cc1)C(=O)N/N=C\c1cccc2cccnc12. The summed E-state index contributed by atoms with van der Waals surface area (Å²) in [7, 11) is 0. The molecule has 3 aromatic carbocycles. The molecule has 4 rings (SSSR count). The Balaban J connectivity index is 1.29. The fourth-order valence-electron chi connectivity index (χ4n) is 3.10. The molecule has 6 heteroatoms. The van der Waals surface area contributed by atoms with Crippen molar-refractivity contribution >= 4 is 23.0 Å². The molecule has 0 saturated carbocycles. The van der Waals surface area contributed by atoms with Gasteiger partial charge in [-0.25, -0.2) is 5.43 Å². The standard InChI is InChI=1S/C26H23N3O3/c1-19(26(30)29-28-17-22-10-5-9-21-11-6-16-27-25(21)22)32-24-14-12-23(13-15-24)31-18-20-7-3-2-4-8-20/h2-17,19H,18H2,1H3,(H,29,30)/b28-17-/t19-/m1/s1. The fraction of sp³-hybridized carbons (Fsp3) is 0.115. The lowest BCUT2D eigenvalue weighted by atomic mass is 10.1. The highest BCUT2D eigenvalue weighted by Crippen LogP contribution is 2.20. The van der Waals surface area contributed by atoms with Gasteiger partial charge in [-0.1, -0.05) is 54.6 Å². The largest absolute Gasteiger partial charge is 0.489 e. The number of hydrogen-bond donors (Lipinski definition) is 1. The second-order valence-electron chi connectivity index (χ2n) is 7.16. The summed E-state index contributed by atoms with van der Waals surface area (Å²) >= 11 is 0. The molecular formula is C26H23N3O3. The van der Waals surface area contributed by atoms with Gasteiger partial charge in [0, 0.05) is 17.1 Å². The van der Waals surface area contributed by atoms with Gasteiger partial charge in [-0.3, -0.25) is 9.78 Å². The molecule has 32 heavy (non-hydrogen) atoms. The Labute approximate surface area is 186 Å². The van der Waals surface area contributed by atoms with E-state index in [4.69, 9.17) is 9.47 Å². The molecule has 0 aliphatic carbocycles. The number of nitrogens with one attached hydrogen (secondary N) is 1. The molecule has 0 bridgehead atoms. The highest BCUT2D eigenvalue weighted by molar-refractivity contribution is 5.97. The normalized spacial score (nSPS) is 11.9. The maximum Gasteiger partial charge on any atom is 0.280 e. The van der Waals surface area contributed by atoms with Crippen LogP contribution < -0.4 is 14.9 Å². The molecule has 0 aliphatic heterocycles. The van der Waals surface area contributed by atoms with Crippen LogP contribution in [0.4, 0.5) is 0 Å². The van der Waals surface area contributed by atoms with Crippen molar-refractivity contribution in [3.63, 3.8) is 0 Å². The topological polar surface area (TPSA) is 72.8 Å². The predicted octanol–water partition coefficient (Wildman–Crippen LogP) is 4.73. The van der Waals surface area contributed by atoms with E-state index in [0.29, 0.717) is 12.4 Å². The van der Waals surface area contributed by atoms with Crippen molar-refractivity contribution in [3.8, 4) is 11.5 Å². The first-order chi connectivity index (χ1) is 15.7. The number of fused-ring (bicyclic) bond motifs is 1. The molecule has 0 unspecified atom stereocenters. The van der Waals surface area contributed by atoms with Gasteiger partial charge in [0.25, 0.3) is 5.91 Å². The average Bonchev–Trinajstić information content (AvgIpc) is 2.84. The second-order valence-corrected chi connectivity index (χ2v) is 7.16. The van der Waals surface area contributed by atoms with Gasteiger partial charge < -0.3 is 9.47 Å². The van der Waals surface area contributed by atoms with Gasteiger partial charge in [0.1, 0.15) is 18.1 Å². The van der Waals surface area contributed by atoms with E-state index in [1.54, 1.807) is 31.5 Å². The number of amides is 1. The number of carbonyl (C=O) groups is 1. The Morgan fingerprint density at radius 1 is 0.969 bits per heavy atom. The van der Waals surface area contributed by atoms with Crippen LogP contribution in [-0.4, -0.2) is 23.2 Å². The summed E-state index contributed by atoms with van der Waals surface area (Å²) in [4.78, 5) is 16.7. The highest BCUT2D eigenvalue weighted by atomic mass is 16.5. The van der Waals surface area contributed by atoms with Crippen LogP contribution >= 0.6 is 0 Å². The number of hydrogen-bond acceptors (Lipinski definition) is 5. The van der Waals surface area contributed by atoms with Crippen LogP contribution in [0.15, 0.2) is 96.2 Å². The molecule has 1 amide bonds. The van der Waals surface area contributed by atoms with Crippen molar-refractivity contribution < 1.29 is 14.3 Å². The Bertz CT molecular complexity index is 1200. The third-order valence-electron chi connectivity index (χ3n) is 4.80. The molecule has 6 nitrogen and oxygen atoms in total. The Morgan fingerprint density at radius 2 is 1.72 bits per heavy atom. The summed E-state index contributed by atoms with van der Waals surface area (Å²) in [5.74, 6) is 0.951. The van der Waals surface area contributed by atoms with E-state index < -0.39 is 6.10 Å². The monoisotopic (exact) mass is 425 g/mol. The number of ether oxygens (including phenoxy) is 2. The molecule has 0 radical (unpaired) electrons. The van der Waals surface area contributed by atoms with Crippen LogP contribution in [0.25, 0.3) is 10.9 Å². The van der Waals surface area contributed by atoms with Crippen LogP contribution in [0.3, 0.4) is 0 Å². The first kappa shape index (κ1) is 21.1. The highest BCUT2D eigenvalue weighted by Gasteiger charge is 2.14. The minimum absolute atomic E-state index is 0.348. The lowest BCUT2D eigenvalue weighted by Crippen LogP contribution is -2.33. The molecule has 1 N–H and O–H groups in total. The zero-order valence-electron chi connectivity index (χ0n) is 17.6. The van der Waals surface area contributed by atoms with Gasteiger partial charge in [0.2, 0.25) is 0 Å². The Hall–Kier alpha value is -4.19. The molecule has 0 saturated heterocycles. The van der Waals surface area contributed by atoms with E-state index in [1.807, 2.05) is 72.8 Å². The van der Waals surface area contributed by atoms with Crippen LogP contribution in [-0.2, 0) is 11.4 Å². The van der Waals surface area contributed by atoms with Crippen molar-refractivity contribution in [3.05, 3.63) is 102 Å². The van der Waals surface area contributed by atoms with E-state index in [-0.39, 0.29) is 5.91 Å². The molecule has 1 heterocycles. The van der Waals surface area contributed by atoms with Gasteiger partial charge in [0.15, 0.2) is 6.10 Å². The van der Waals surface area contributed by atoms with Crippen LogP contribution in [0.2, 0.25) is 0 Å². The Morgan fingerprint density at radius 3 is 2.53 bits per heavy atom. The number of para-hydroxylation sites is 1. The molecule has 1 aromatic heterocycles. The van der Waals surface area contributed by atoms with E-state index >= 15 is 0 Å². The van der Waals surface area contributed by atoms with E-state index in [2.05, 4.69) is 15.5 Å². The summed E-state index contributed by atoms with van der Waals surface area (Å²) in [6.45, 7) is 2.16. The molecule has 0 aliphatic rings. The first-order valence-corrected chi connectivity index (χ1v) is 10.3. The fourth-order valence-corrected chi connectivity index (χ4v) is 3.10. The number of nitrogens with zero attached hydrogens (tertiary/aromatic N) is 2. The van der Waals surface area contributed by atoms with Crippen molar-refractivity contribution in [2.75, 3.05) is 0 Å². The van der Waals surface area contributed by atoms with Crippen molar-refractivity contribution in [2.24, 2.45) is 5.10 Å². The molecular weight excluding hydrogens is 402 g/mol. The zero-order valence-corrected chi connectivity index (χ0v) is 17.6. The Kier molecular flexibility index (Phi) is 6.72. The molecule has 0 spiro atoms. The number of aromatic nitrogens is 1. The molecule has 1 atom stereocenters. The lowest BCUT2D eigenvalue weighted by molar-refractivity contribution is -0.127. The minimum atomic E-state index is -0.714. The second kappa shape index (κ2) is 10.2. The van der Waals surface area contributed by atoms with E-state index in [1.165, 1.54) is 0 Å². The zero-order chi connectivity index (χ0) is 22.2. The quantitative estimate of drug-likeness (QED) is 0.327. The number of carbonyl (C=O) groups excluding carboxylic acids is 1. The van der Waals surface area contributed by atoms with Crippen LogP contribution in [0.5, 0.6) is 11.5 Å². The summed E-state index contributed by atoms with van der Waals surface area (Å²) in [6.07, 6.45) is 2.60. The van der Waals surface area contributed by atoms with Crippen LogP contribution in [0, 0.1) is 0 Å². The van der Waals surface area contributed by atoms with Gasteiger partial charge in [-0.2, -0.15) is 5.10 Å². The third-order valence-corrected chi connectivity index (χ3v) is 4.80. The maximum atomic E-state index is 12.3. The number of rotatable bonds is 8. The molecule has 0 fully saturated rings. The predicted molar refractivity (Wildman–Crippen MR) is 125 cm³/mol. The first-order valence-electron chi connectivity index (χ1n) is 10.3. The summed E-state index contributed by atoms with van der Waals surface area (Å²) in [6, 6.07) is 26.8. The number of pyridine rings is 1. The summed E-state index contributed by atoms with van der Waals surface area (Å²) in [5, 5.41) is 5.07. The van der Waals surface area contributed by atoms with E-state index in [9.17, 15) is 4.79 Å². The van der Waals surface area contributed by atoms with Crippen LogP contribution in [0.1, 0.15) is 18.1 Å². The number of benzene rings is 3. The van der Waals surface area contributed by atoms with E-state index in [0.717, 1.165) is 27.8 Å². The van der Waals surface area contributed by atoms with Gasteiger partial charge in [-0.15, -0.1) is 0 Å². The summed E-state index contributed by atoms with van der Waals surface area (Å²) < 4.78 is 11.5. The third kappa shape index (κ3) is 5.49. The van der Waals surface area contributed by atoms with Gasteiger partial charge in [-0.05, 0) is 42.8 Å². The lowest BCUT2D eigenvalue weighted by Gasteiger charge is -2.13. The molecule has 4 aromatic rings. The minimum Gasteiger partial charge on any atom is -0.489 e. The van der Waals surface area contributed by atoms with Crippen molar-refractivity contribution in [1.29, 1.82) is 0 Å².